The molecular weight excluding hydrogens is 326 g/mol. The fraction of sp³-hybridized carbons (Fsp3) is 0.278. The standard InChI is InChI=1S/C18H20BrNO/c1-14(10-11-15-6-3-2-4-7-15)20-18(21)13-16-8-5-9-17(19)12-16/h2-9,12,14H,10-11,13H2,1H3,(H,20,21). The number of rotatable bonds is 6. The Bertz CT molecular complexity index is 583. The lowest BCUT2D eigenvalue weighted by atomic mass is 10.1. The van der Waals surface area contributed by atoms with Crippen molar-refractivity contribution < 1.29 is 4.79 Å². The predicted octanol–water partition coefficient (Wildman–Crippen LogP) is 4.13. The smallest absolute Gasteiger partial charge is 0.224 e. The van der Waals surface area contributed by atoms with Crippen LogP contribution in [0.5, 0.6) is 0 Å². The number of halogens is 1. The van der Waals surface area contributed by atoms with Crippen molar-refractivity contribution in [3.05, 3.63) is 70.2 Å². The van der Waals surface area contributed by atoms with Crippen LogP contribution in [0.1, 0.15) is 24.5 Å². The van der Waals surface area contributed by atoms with Crippen LogP contribution >= 0.6 is 15.9 Å². The summed E-state index contributed by atoms with van der Waals surface area (Å²) in [7, 11) is 0. The van der Waals surface area contributed by atoms with Crippen molar-refractivity contribution in [1.29, 1.82) is 0 Å². The molecule has 0 radical (unpaired) electrons. The van der Waals surface area contributed by atoms with Crippen molar-refractivity contribution in [3.8, 4) is 0 Å². The fourth-order valence-electron chi connectivity index (χ4n) is 2.26. The van der Waals surface area contributed by atoms with E-state index >= 15 is 0 Å². The van der Waals surface area contributed by atoms with Gasteiger partial charge in [-0.2, -0.15) is 0 Å². The van der Waals surface area contributed by atoms with Gasteiger partial charge < -0.3 is 5.32 Å². The third-order valence-corrected chi connectivity index (χ3v) is 3.86. The molecule has 0 spiro atoms. The van der Waals surface area contributed by atoms with Crippen LogP contribution in [-0.4, -0.2) is 11.9 Å². The average Bonchev–Trinajstić information content (AvgIpc) is 2.46. The highest BCUT2D eigenvalue weighted by atomic mass is 79.9. The minimum Gasteiger partial charge on any atom is -0.353 e. The molecular formula is C18H20BrNO. The van der Waals surface area contributed by atoms with Crippen LogP contribution < -0.4 is 5.32 Å². The Morgan fingerprint density at radius 1 is 1.10 bits per heavy atom. The molecule has 0 aliphatic heterocycles. The minimum atomic E-state index is 0.0775. The maximum absolute atomic E-state index is 12.0. The summed E-state index contributed by atoms with van der Waals surface area (Å²) in [5.74, 6) is 0.0775. The van der Waals surface area contributed by atoms with Crippen LogP contribution in [0, 0.1) is 0 Å². The summed E-state index contributed by atoms with van der Waals surface area (Å²) in [6.07, 6.45) is 2.36. The second-order valence-electron chi connectivity index (χ2n) is 5.30. The Morgan fingerprint density at radius 3 is 2.52 bits per heavy atom. The molecule has 2 aromatic carbocycles. The average molecular weight is 346 g/mol. The highest BCUT2D eigenvalue weighted by molar-refractivity contribution is 9.10. The van der Waals surface area contributed by atoms with E-state index in [9.17, 15) is 4.79 Å². The first-order valence-corrected chi connectivity index (χ1v) is 8.00. The van der Waals surface area contributed by atoms with Gasteiger partial charge in [0.05, 0.1) is 6.42 Å². The molecule has 0 saturated heterocycles. The van der Waals surface area contributed by atoms with Crippen LogP contribution in [0.4, 0.5) is 0 Å². The Balaban J connectivity index is 1.77. The van der Waals surface area contributed by atoms with Crippen LogP contribution in [-0.2, 0) is 17.6 Å². The van der Waals surface area contributed by atoms with Crippen molar-refractivity contribution in [2.75, 3.05) is 0 Å². The molecule has 1 amide bonds. The molecule has 0 bridgehead atoms. The Hall–Kier alpha value is -1.61. The normalized spacial score (nSPS) is 11.9. The van der Waals surface area contributed by atoms with E-state index in [0.717, 1.165) is 22.9 Å². The van der Waals surface area contributed by atoms with Gasteiger partial charge in [0, 0.05) is 10.5 Å². The topological polar surface area (TPSA) is 29.1 Å². The van der Waals surface area contributed by atoms with Crippen molar-refractivity contribution in [3.63, 3.8) is 0 Å². The van der Waals surface area contributed by atoms with E-state index in [1.807, 2.05) is 42.5 Å². The molecule has 0 aliphatic carbocycles. The maximum Gasteiger partial charge on any atom is 0.224 e. The molecule has 2 aromatic rings. The van der Waals surface area contributed by atoms with Gasteiger partial charge in [-0.1, -0.05) is 58.4 Å². The molecule has 0 heterocycles. The van der Waals surface area contributed by atoms with Gasteiger partial charge in [0.15, 0.2) is 0 Å². The van der Waals surface area contributed by atoms with Gasteiger partial charge in [-0.25, -0.2) is 0 Å². The van der Waals surface area contributed by atoms with Gasteiger partial charge in [-0.15, -0.1) is 0 Å². The van der Waals surface area contributed by atoms with E-state index in [1.54, 1.807) is 0 Å². The monoisotopic (exact) mass is 345 g/mol. The molecule has 0 aromatic heterocycles. The van der Waals surface area contributed by atoms with Crippen molar-refractivity contribution in [1.82, 2.24) is 5.32 Å². The molecule has 0 fully saturated rings. The van der Waals surface area contributed by atoms with Crippen molar-refractivity contribution >= 4 is 21.8 Å². The van der Waals surface area contributed by atoms with Crippen molar-refractivity contribution in [2.24, 2.45) is 0 Å². The van der Waals surface area contributed by atoms with Crippen molar-refractivity contribution in [2.45, 2.75) is 32.2 Å². The van der Waals surface area contributed by atoms with E-state index in [0.29, 0.717) is 6.42 Å². The first kappa shape index (κ1) is 15.8. The number of nitrogens with one attached hydrogen (secondary N) is 1. The number of aryl methyl sites for hydroxylation is 1. The summed E-state index contributed by atoms with van der Waals surface area (Å²) in [4.78, 5) is 12.0. The van der Waals surface area contributed by atoms with Gasteiger partial charge in [0.1, 0.15) is 0 Å². The molecule has 3 heteroatoms. The second kappa shape index (κ2) is 7.99. The van der Waals surface area contributed by atoms with Gasteiger partial charge >= 0.3 is 0 Å². The quantitative estimate of drug-likeness (QED) is 0.837. The molecule has 0 saturated carbocycles. The number of amides is 1. The van der Waals surface area contributed by atoms with E-state index in [-0.39, 0.29) is 11.9 Å². The minimum absolute atomic E-state index is 0.0775. The molecule has 110 valence electrons. The highest BCUT2D eigenvalue weighted by Gasteiger charge is 2.08. The van der Waals surface area contributed by atoms with Gasteiger partial charge in [-0.3, -0.25) is 4.79 Å². The van der Waals surface area contributed by atoms with Crippen LogP contribution in [0.15, 0.2) is 59.1 Å². The Labute approximate surface area is 134 Å². The number of carbonyl (C=O) groups is 1. The molecule has 1 unspecified atom stereocenters. The molecule has 21 heavy (non-hydrogen) atoms. The lowest BCUT2D eigenvalue weighted by Crippen LogP contribution is -2.34. The van der Waals surface area contributed by atoms with E-state index < -0.39 is 0 Å². The number of benzene rings is 2. The fourth-order valence-corrected chi connectivity index (χ4v) is 2.70. The molecule has 0 aliphatic rings. The molecule has 1 atom stereocenters. The number of hydrogen-bond acceptors (Lipinski definition) is 1. The zero-order valence-corrected chi connectivity index (χ0v) is 13.8. The first-order chi connectivity index (χ1) is 10.1. The van der Waals surface area contributed by atoms with Crippen LogP contribution in [0.2, 0.25) is 0 Å². The number of hydrogen-bond donors (Lipinski definition) is 1. The molecule has 2 nitrogen and oxygen atoms in total. The summed E-state index contributed by atoms with van der Waals surface area (Å²) in [5.41, 5.74) is 2.34. The Morgan fingerprint density at radius 2 is 1.81 bits per heavy atom. The van der Waals surface area contributed by atoms with Gasteiger partial charge in [0.25, 0.3) is 0 Å². The Kier molecular flexibility index (Phi) is 6.00. The molecule has 1 N–H and O–H groups in total. The van der Waals surface area contributed by atoms with Gasteiger partial charge in [-0.05, 0) is 43.0 Å². The summed E-state index contributed by atoms with van der Waals surface area (Å²) in [5, 5.41) is 3.06. The zero-order valence-electron chi connectivity index (χ0n) is 12.2. The van der Waals surface area contributed by atoms with Gasteiger partial charge in [0.2, 0.25) is 5.91 Å². The second-order valence-corrected chi connectivity index (χ2v) is 6.22. The van der Waals surface area contributed by atoms with Crippen LogP contribution in [0.3, 0.4) is 0 Å². The maximum atomic E-state index is 12.0. The highest BCUT2D eigenvalue weighted by Crippen LogP contribution is 2.12. The third kappa shape index (κ3) is 5.72. The molecule has 2 rings (SSSR count). The lowest BCUT2D eigenvalue weighted by molar-refractivity contribution is -0.121. The summed E-state index contributed by atoms with van der Waals surface area (Å²) in [6.45, 7) is 2.06. The number of carbonyl (C=O) groups excluding carboxylic acids is 1. The largest absolute Gasteiger partial charge is 0.353 e. The third-order valence-electron chi connectivity index (χ3n) is 3.37. The summed E-state index contributed by atoms with van der Waals surface area (Å²) < 4.78 is 1.00. The van der Waals surface area contributed by atoms with E-state index in [2.05, 4.69) is 40.3 Å². The SMILES string of the molecule is CC(CCc1ccccc1)NC(=O)Cc1cccc(Br)c1. The van der Waals surface area contributed by atoms with E-state index in [1.165, 1.54) is 5.56 Å². The summed E-state index contributed by atoms with van der Waals surface area (Å²) >= 11 is 3.42. The first-order valence-electron chi connectivity index (χ1n) is 7.21. The van der Waals surface area contributed by atoms with E-state index in [4.69, 9.17) is 0 Å². The summed E-state index contributed by atoms with van der Waals surface area (Å²) in [6, 6.07) is 18.4. The lowest BCUT2D eigenvalue weighted by Gasteiger charge is -2.14. The predicted molar refractivity (Wildman–Crippen MR) is 90.2 cm³/mol. The van der Waals surface area contributed by atoms with Crippen LogP contribution in [0.25, 0.3) is 0 Å². The zero-order chi connectivity index (χ0) is 15.1.